The summed E-state index contributed by atoms with van der Waals surface area (Å²) < 4.78 is 5.39. The number of ketones is 1. The van der Waals surface area contributed by atoms with Crippen LogP contribution in [0.2, 0.25) is 0 Å². The van der Waals surface area contributed by atoms with Crippen LogP contribution >= 0.6 is 9.47 Å². The minimum Gasteiger partial charge on any atom is -0.480 e. The van der Waals surface area contributed by atoms with Gasteiger partial charge < -0.3 is 9.42 Å². The Morgan fingerprint density at radius 3 is 2.48 bits per heavy atom. The van der Waals surface area contributed by atoms with Crippen LogP contribution in [0, 0.1) is 6.92 Å². The number of hydrogen-bond donors (Lipinski definition) is 0. The summed E-state index contributed by atoms with van der Waals surface area (Å²) in [6.07, 6.45) is 0. The molecule has 0 fully saturated rings. The van der Waals surface area contributed by atoms with Crippen LogP contribution < -0.4 is 9.42 Å². The second-order valence-electron chi connectivity index (χ2n) is 5.25. The molecule has 0 amide bonds. The lowest BCUT2D eigenvalue weighted by Gasteiger charge is -2.18. The number of rotatable bonds is 4. The van der Waals surface area contributed by atoms with E-state index in [1.807, 2.05) is 62.3 Å². The van der Waals surface area contributed by atoms with Gasteiger partial charge in [0.25, 0.3) is 0 Å². The lowest BCUT2D eigenvalue weighted by molar-refractivity contribution is 0.101. The Kier molecular flexibility index (Phi) is 4.64. The van der Waals surface area contributed by atoms with E-state index in [9.17, 15) is 4.79 Å². The summed E-state index contributed by atoms with van der Waals surface area (Å²) in [5.74, 6) is 0.798. The van der Waals surface area contributed by atoms with Gasteiger partial charge in [-0.15, -0.1) is 0 Å². The molecule has 0 aliphatic heterocycles. The van der Waals surface area contributed by atoms with Crippen LogP contribution in [-0.4, -0.2) is 19.9 Å². The van der Waals surface area contributed by atoms with Crippen molar-refractivity contribution in [1.82, 2.24) is 0 Å². The minimum atomic E-state index is 0.0478. The monoisotopic (exact) mass is 301 g/mol. The maximum atomic E-state index is 12.1. The number of carbonyl (C=O) groups is 1. The highest BCUT2D eigenvalue weighted by molar-refractivity contribution is 7.10. The topological polar surface area (TPSA) is 29.5 Å². The standard InChI is InChI=1S/C17H20NO2P/c1-11-6-5-7-16(20-21)17(11)14-9-8-13(18(3)4)10-15(14)12(2)19/h5-10H,21H2,1-4H3. The Labute approximate surface area is 128 Å². The molecule has 0 radical (unpaired) electrons. The zero-order chi connectivity index (χ0) is 15.6. The first-order valence-corrected chi connectivity index (χ1v) is 7.22. The van der Waals surface area contributed by atoms with Gasteiger partial charge in [-0.2, -0.15) is 0 Å². The average molecular weight is 301 g/mol. The quantitative estimate of drug-likeness (QED) is 0.629. The zero-order valence-corrected chi connectivity index (χ0v) is 14.0. The van der Waals surface area contributed by atoms with Crippen molar-refractivity contribution in [2.45, 2.75) is 13.8 Å². The number of carbonyl (C=O) groups excluding carboxylic acids is 1. The van der Waals surface area contributed by atoms with Crippen LogP contribution in [0.4, 0.5) is 5.69 Å². The normalized spacial score (nSPS) is 10.3. The fourth-order valence-electron chi connectivity index (χ4n) is 2.40. The van der Waals surface area contributed by atoms with Gasteiger partial charge in [-0.25, -0.2) is 0 Å². The van der Waals surface area contributed by atoms with Crippen molar-refractivity contribution in [3.05, 3.63) is 47.5 Å². The molecule has 0 saturated heterocycles. The molecular formula is C17H20NO2P. The SMILES string of the molecule is CC(=O)c1cc(N(C)C)ccc1-c1c(C)cccc1OP. The van der Waals surface area contributed by atoms with E-state index in [1.165, 1.54) is 0 Å². The van der Waals surface area contributed by atoms with Crippen molar-refractivity contribution in [3.63, 3.8) is 0 Å². The van der Waals surface area contributed by atoms with Crippen LogP contribution in [0.3, 0.4) is 0 Å². The first-order chi connectivity index (χ1) is 9.95. The first-order valence-electron chi connectivity index (χ1n) is 6.74. The van der Waals surface area contributed by atoms with Gasteiger partial charge in [0.1, 0.15) is 5.75 Å². The minimum absolute atomic E-state index is 0.0478. The molecule has 0 N–H and O–H groups in total. The lowest BCUT2D eigenvalue weighted by Crippen LogP contribution is -2.10. The third-order valence-corrected chi connectivity index (χ3v) is 3.78. The first kappa shape index (κ1) is 15.5. The van der Waals surface area contributed by atoms with Gasteiger partial charge in [0, 0.05) is 30.9 Å². The second kappa shape index (κ2) is 6.28. The fraction of sp³-hybridized carbons (Fsp3) is 0.235. The molecule has 110 valence electrons. The maximum absolute atomic E-state index is 12.1. The van der Waals surface area contributed by atoms with Crippen LogP contribution in [0.1, 0.15) is 22.8 Å². The maximum Gasteiger partial charge on any atom is 0.160 e. The van der Waals surface area contributed by atoms with E-state index in [0.717, 1.165) is 28.1 Å². The summed E-state index contributed by atoms with van der Waals surface area (Å²) >= 11 is 0. The third kappa shape index (κ3) is 3.08. The average Bonchev–Trinajstić information content (AvgIpc) is 2.46. The van der Waals surface area contributed by atoms with Gasteiger partial charge in [-0.05, 0) is 43.2 Å². The van der Waals surface area contributed by atoms with Gasteiger partial charge in [-0.3, -0.25) is 4.79 Å². The molecule has 0 spiro atoms. The van der Waals surface area contributed by atoms with E-state index in [2.05, 4.69) is 9.47 Å². The molecule has 0 aromatic heterocycles. The highest BCUT2D eigenvalue weighted by Crippen LogP contribution is 2.37. The molecule has 21 heavy (non-hydrogen) atoms. The van der Waals surface area contributed by atoms with Crippen molar-refractivity contribution in [1.29, 1.82) is 0 Å². The van der Waals surface area contributed by atoms with E-state index in [1.54, 1.807) is 6.92 Å². The van der Waals surface area contributed by atoms with Crippen molar-refractivity contribution in [2.75, 3.05) is 19.0 Å². The Morgan fingerprint density at radius 1 is 1.19 bits per heavy atom. The molecule has 4 heteroatoms. The van der Waals surface area contributed by atoms with Gasteiger partial charge in [0.2, 0.25) is 0 Å². The van der Waals surface area contributed by atoms with Crippen LogP contribution in [0.25, 0.3) is 11.1 Å². The Morgan fingerprint density at radius 2 is 1.90 bits per heavy atom. The number of nitrogens with zero attached hydrogens (tertiary/aromatic N) is 1. The highest BCUT2D eigenvalue weighted by Gasteiger charge is 2.16. The number of anilines is 1. The molecule has 2 aromatic rings. The summed E-state index contributed by atoms with van der Waals surface area (Å²) in [6.45, 7) is 3.62. The van der Waals surface area contributed by atoms with E-state index < -0.39 is 0 Å². The molecule has 2 aromatic carbocycles. The summed E-state index contributed by atoms with van der Waals surface area (Å²) in [7, 11) is 6.20. The van der Waals surface area contributed by atoms with Crippen LogP contribution in [0.5, 0.6) is 5.75 Å². The van der Waals surface area contributed by atoms with Crippen LogP contribution in [0.15, 0.2) is 36.4 Å². The number of benzene rings is 2. The lowest BCUT2D eigenvalue weighted by atomic mass is 9.93. The van der Waals surface area contributed by atoms with Crippen molar-refractivity contribution in [3.8, 4) is 16.9 Å². The molecule has 1 unspecified atom stereocenters. The van der Waals surface area contributed by atoms with Crippen molar-refractivity contribution in [2.24, 2.45) is 0 Å². The molecule has 2 rings (SSSR count). The Hall–Kier alpha value is -1.86. The van der Waals surface area contributed by atoms with Gasteiger partial charge in [0.15, 0.2) is 5.78 Å². The smallest absolute Gasteiger partial charge is 0.160 e. The molecule has 0 saturated carbocycles. The molecule has 1 atom stereocenters. The Balaban J connectivity index is 2.72. The molecule has 3 nitrogen and oxygen atoms in total. The molecule has 0 aliphatic carbocycles. The second-order valence-corrected chi connectivity index (χ2v) is 5.48. The number of Topliss-reactive ketones (excluding diaryl/α,β-unsaturated/α-hetero) is 1. The summed E-state index contributed by atoms with van der Waals surface area (Å²) in [5, 5.41) is 0. The van der Waals surface area contributed by atoms with E-state index >= 15 is 0 Å². The molecule has 0 bridgehead atoms. The van der Waals surface area contributed by atoms with Gasteiger partial charge in [-0.1, -0.05) is 18.2 Å². The third-order valence-electron chi connectivity index (χ3n) is 3.53. The molecular weight excluding hydrogens is 281 g/mol. The summed E-state index contributed by atoms with van der Waals surface area (Å²) in [6, 6.07) is 11.8. The van der Waals surface area contributed by atoms with Crippen LogP contribution in [-0.2, 0) is 0 Å². The fourth-order valence-corrected chi connectivity index (χ4v) is 2.60. The largest absolute Gasteiger partial charge is 0.480 e. The predicted octanol–water partition coefficient (Wildman–Crippen LogP) is 4.10. The van der Waals surface area contributed by atoms with E-state index in [0.29, 0.717) is 5.56 Å². The van der Waals surface area contributed by atoms with E-state index in [-0.39, 0.29) is 5.78 Å². The number of hydrogen-bond acceptors (Lipinski definition) is 3. The summed E-state index contributed by atoms with van der Waals surface area (Å²) in [4.78, 5) is 14.0. The predicted molar refractivity (Wildman–Crippen MR) is 91.3 cm³/mol. The molecule has 0 heterocycles. The summed E-state index contributed by atoms with van der Waals surface area (Å²) in [5.41, 5.74) is 4.66. The zero-order valence-electron chi connectivity index (χ0n) is 12.8. The Bertz CT molecular complexity index is 680. The van der Waals surface area contributed by atoms with Crippen molar-refractivity contribution >= 4 is 20.9 Å². The molecule has 0 aliphatic rings. The highest BCUT2D eigenvalue weighted by atomic mass is 31.0. The van der Waals surface area contributed by atoms with Gasteiger partial charge in [0.05, 0.1) is 9.47 Å². The van der Waals surface area contributed by atoms with Crippen molar-refractivity contribution < 1.29 is 9.32 Å². The van der Waals surface area contributed by atoms with Gasteiger partial charge >= 0.3 is 0 Å². The van der Waals surface area contributed by atoms with E-state index in [4.69, 9.17) is 4.52 Å². The number of aryl methyl sites for hydroxylation is 1.